The topological polar surface area (TPSA) is 92.7 Å². The number of benzene rings is 1. The first-order chi connectivity index (χ1) is 16.3. The summed E-state index contributed by atoms with van der Waals surface area (Å²) >= 11 is 0. The van der Waals surface area contributed by atoms with Crippen LogP contribution in [-0.4, -0.2) is 38.9 Å². The van der Waals surface area contributed by atoms with Crippen molar-refractivity contribution in [3.05, 3.63) is 66.0 Å². The smallest absolute Gasteiger partial charge is 0.354 e. The van der Waals surface area contributed by atoms with E-state index in [0.29, 0.717) is 25.1 Å². The molecule has 1 amide bonds. The highest BCUT2D eigenvalue weighted by atomic mass is 19.4. The van der Waals surface area contributed by atoms with E-state index in [4.69, 9.17) is 0 Å². The van der Waals surface area contributed by atoms with E-state index in [1.807, 2.05) is 6.92 Å². The van der Waals surface area contributed by atoms with Crippen molar-refractivity contribution in [2.24, 2.45) is 5.92 Å². The molecular weight excluding hydrogens is 452 g/mol. The Morgan fingerprint density at radius 1 is 1.00 bits per heavy atom. The molecule has 11 heteroatoms. The molecule has 2 aromatic heterocycles. The van der Waals surface area contributed by atoms with Crippen molar-refractivity contribution >= 4 is 11.9 Å². The second kappa shape index (κ2) is 11.5. The van der Waals surface area contributed by atoms with E-state index in [1.54, 1.807) is 12.1 Å². The first-order valence-corrected chi connectivity index (χ1v) is 10.7. The van der Waals surface area contributed by atoms with Gasteiger partial charge in [-0.15, -0.1) is 0 Å². The third kappa shape index (κ3) is 6.93. The lowest BCUT2D eigenvalue weighted by Gasteiger charge is -2.13. The lowest BCUT2D eigenvalue weighted by Crippen LogP contribution is -2.26. The maximum atomic E-state index is 14.4. The second-order valence-corrected chi connectivity index (χ2v) is 7.75. The lowest BCUT2D eigenvalue weighted by molar-refractivity contribution is -0.138. The first kappa shape index (κ1) is 25.0. The van der Waals surface area contributed by atoms with Crippen LogP contribution in [0.15, 0.2) is 49.1 Å². The Hall–Kier alpha value is -3.63. The van der Waals surface area contributed by atoms with Gasteiger partial charge in [-0.3, -0.25) is 4.79 Å². The number of nitrogens with zero attached hydrogens (tertiary/aromatic N) is 4. The fraction of sp³-hybridized carbons (Fsp3) is 0.348. The highest BCUT2D eigenvalue weighted by molar-refractivity contribution is 6.00. The van der Waals surface area contributed by atoms with E-state index in [-0.39, 0.29) is 23.3 Å². The van der Waals surface area contributed by atoms with Crippen LogP contribution in [0.1, 0.15) is 42.1 Å². The number of carbonyl (C=O) groups is 1. The van der Waals surface area contributed by atoms with E-state index in [0.717, 1.165) is 25.2 Å². The monoisotopic (exact) mass is 476 g/mol. The Morgan fingerprint density at radius 2 is 1.71 bits per heavy atom. The molecule has 0 aliphatic carbocycles. The maximum absolute atomic E-state index is 14.4. The van der Waals surface area contributed by atoms with Gasteiger partial charge in [-0.1, -0.05) is 19.1 Å². The molecule has 1 aromatic carbocycles. The van der Waals surface area contributed by atoms with E-state index >= 15 is 0 Å². The normalized spacial score (nSPS) is 12.3. The Kier molecular flexibility index (Phi) is 8.44. The van der Waals surface area contributed by atoms with Crippen LogP contribution in [0.3, 0.4) is 0 Å². The van der Waals surface area contributed by atoms with Crippen LogP contribution >= 0.6 is 0 Å². The maximum Gasteiger partial charge on any atom is 0.419 e. The molecule has 2 heterocycles. The molecule has 0 aliphatic heterocycles. The number of rotatable bonds is 10. The largest absolute Gasteiger partial charge is 0.419 e. The van der Waals surface area contributed by atoms with Gasteiger partial charge in [0.25, 0.3) is 5.91 Å². The van der Waals surface area contributed by atoms with Crippen molar-refractivity contribution in [3.8, 4) is 11.4 Å². The first-order valence-electron chi connectivity index (χ1n) is 10.7. The van der Waals surface area contributed by atoms with Crippen molar-refractivity contribution in [2.45, 2.75) is 32.4 Å². The molecule has 0 radical (unpaired) electrons. The van der Waals surface area contributed by atoms with Crippen LogP contribution < -0.4 is 10.6 Å². The lowest BCUT2D eigenvalue weighted by atomic mass is 10.0. The Morgan fingerprint density at radius 3 is 2.38 bits per heavy atom. The molecule has 7 nitrogen and oxygen atoms in total. The zero-order valence-electron chi connectivity index (χ0n) is 18.4. The third-order valence-corrected chi connectivity index (χ3v) is 5.11. The minimum atomic E-state index is -4.47. The third-order valence-electron chi connectivity index (χ3n) is 5.11. The van der Waals surface area contributed by atoms with Gasteiger partial charge in [-0.2, -0.15) is 13.2 Å². The number of carbonyl (C=O) groups excluding carboxylic acids is 1. The molecule has 3 rings (SSSR count). The van der Waals surface area contributed by atoms with E-state index in [9.17, 15) is 22.4 Å². The molecule has 3 aromatic rings. The van der Waals surface area contributed by atoms with Crippen molar-refractivity contribution in [1.82, 2.24) is 25.3 Å². The summed E-state index contributed by atoms with van der Waals surface area (Å²) in [5.74, 6) is -0.497. The fourth-order valence-corrected chi connectivity index (χ4v) is 3.26. The van der Waals surface area contributed by atoms with Crippen LogP contribution in [0.4, 0.5) is 23.5 Å². The standard InChI is InChI=1S/C23H24F4N6O/c1-15(8-12-31-22-32-13-16(14-33-22)23(25,26)27)5-3-9-30-21(34)19-17(6-2-7-18(19)24)20-28-10-4-11-29-20/h2,4,6-7,10-11,13-15H,3,5,8-9,12H2,1H3,(H,30,34)(H,31,32,33). The van der Waals surface area contributed by atoms with E-state index < -0.39 is 23.5 Å². The molecule has 1 unspecified atom stereocenters. The zero-order valence-corrected chi connectivity index (χ0v) is 18.4. The van der Waals surface area contributed by atoms with E-state index in [1.165, 1.54) is 24.5 Å². The predicted molar refractivity (Wildman–Crippen MR) is 118 cm³/mol. The van der Waals surface area contributed by atoms with Crippen LogP contribution in [-0.2, 0) is 6.18 Å². The summed E-state index contributed by atoms with van der Waals surface area (Å²) in [6, 6.07) is 5.96. The predicted octanol–water partition coefficient (Wildman–Crippen LogP) is 4.74. The minimum absolute atomic E-state index is 0.0949. The highest BCUT2D eigenvalue weighted by Crippen LogP contribution is 2.28. The molecule has 0 spiro atoms. The number of anilines is 1. The second-order valence-electron chi connectivity index (χ2n) is 7.75. The van der Waals surface area contributed by atoms with Crippen LogP contribution in [0.5, 0.6) is 0 Å². The molecule has 0 bridgehead atoms. The summed E-state index contributed by atoms with van der Waals surface area (Å²) in [7, 11) is 0. The van der Waals surface area contributed by atoms with Crippen molar-refractivity contribution < 1.29 is 22.4 Å². The molecule has 0 fully saturated rings. The van der Waals surface area contributed by atoms with Gasteiger partial charge in [0.2, 0.25) is 5.95 Å². The number of nitrogens with one attached hydrogen (secondary N) is 2. The molecular formula is C23H24F4N6O. The molecule has 2 N–H and O–H groups in total. The van der Waals surface area contributed by atoms with Gasteiger partial charge in [0.05, 0.1) is 11.1 Å². The number of amides is 1. The minimum Gasteiger partial charge on any atom is -0.354 e. The van der Waals surface area contributed by atoms with Crippen LogP contribution in [0.2, 0.25) is 0 Å². The number of halogens is 4. The fourth-order valence-electron chi connectivity index (χ4n) is 3.26. The van der Waals surface area contributed by atoms with Crippen molar-refractivity contribution in [1.29, 1.82) is 0 Å². The Balaban J connectivity index is 1.41. The van der Waals surface area contributed by atoms with Crippen molar-refractivity contribution in [2.75, 3.05) is 18.4 Å². The van der Waals surface area contributed by atoms with Crippen molar-refractivity contribution in [3.63, 3.8) is 0 Å². The molecule has 34 heavy (non-hydrogen) atoms. The SMILES string of the molecule is CC(CCCNC(=O)c1c(F)cccc1-c1ncccn1)CCNc1ncc(C(F)(F)F)cn1. The highest BCUT2D eigenvalue weighted by Gasteiger charge is 2.31. The molecule has 0 saturated heterocycles. The van der Waals surface area contributed by atoms with Crippen LogP contribution in [0.25, 0.3) is 11.4 Å². The van der Waals surface area contributed by atoms with Gasteiger partial charge in [0.1, 0.15) is 5.82 Å². The van der Waals surface area contributed by atoms with Gasteiger partial charge in [0.15, 0.2) is 5.82 Å². The quantitative estimate of drug-likeness (QED) is 0.324. The zero-order chi connectivity index (χ0) is 24.6. The average molecular weight is 476 g/mol. The van der Waals surface area contributed by atoms with E-state index in [2.05, 4.69) is 30.6 Å². The Labute approximate surface area is 194 Å². The van der Waals surface area contributed by atoms with Gasteiger partial charge in [0, 0.05) is 43.4 Å². The van der Waals surface area contributed by atoms with Gasteiger partial charge in [-0.05, 0) is 37.3 Å². The summed E-state index contributed by atoms with van der Waals surface area (Å²) in [5.41, 5.74) is -0.669. The Bertz CT molecular complexity index is 1080. The number of hydrogen-bond acceptors (Lipinski definition) is 6. The molecule has 0 aliphatic rings. The molecule has 0 saturated carbocycles. The van der Waals surface area contributed by atoms with Gasteiger partial charge < -0.3 is 10.6 Å². The summed E-state index contributed by atoms with van der Waals surface area (Å²) in [5, 5.41) is 5.64. The molecule has 180 valence electrons. The summed E-state index contributed by atoms with van der Waals surface area (Å²) in [6.45, 7) is 2.88. The number of aromatic nitrogens is 4. The number of alkyl halides is 3. The molecule has 1 atom stereocenters. The summed E-state index contributed by atoms with van der Waals surface area (Å²) in [4.78, 5) is 28.2. The number of hydrogen-bond donors (Lipinski definition) is 2. The summed E-state index contributed by atoms with van der Waals surface area (Å²) in [6.07, 6.45) is 2.27. The summed E-state index contributed by atoms with van der Waals surface area (Å²) < 4.78 is 52.0. The van der Waals surface area contributed by atoms with Crippen LogP contribution in [0, 0.1) is 11.7 Å². The van der Waals surface area contributed by atoms with Gasteiger partial charge in [-0.25, -0.2) is 24.3 Å². The average Bonchev–Trinajstić information content (AvgIpc) is 2.82. The van der Waals surface area contributed by atoms with Gasteiger partial charge >= 0.3 is 6.18 Å².